The van der Waals surface area contributed by atoms with Crippen LogP contribution in [0.3, 0.4) is 0 Å². The first-order valence-electron chi connectivity index (χ1n) is 6.73. The number of benzene rings is 1. The van der Waals surface area contributed by atoms with Crippen molar-refractivity contribution < 1.29 is 14.3 Å². The van der Waals surface area contributed by atoms with E-state index in [1.54, 1.807) is 13.0 Å². The van der Waals surface area contributed by atoms with Gasteiger partial charge in [0.15, 0.2) is 5.82 Å². The van der Waals surface area contributed by atoms with Gasteiger partial charge in [-0.2, -0.15) is 0 Å². The van der Waals surface area contributed by atoms with Crippen molar-refractivity contribution in [3.05, 3.63) is 34.1 Å². The number of nitrogens with zero attached hydrogens (tertiary/aromatic N) is 1. The first-order chi connectivity index (χ1) is 11.0. The normalized spacial score (nSPS) is 10.2. The smallest absolute Gasteiger partial charge is 0.337 e. The van der Waals surface area contributed by atoms with E-state index >= 15 is 0 Å². The van der Waals surface area contributed by atoms with Crippen LogP contribution in [0.4, 0.5) is 11.5 Å². The molecular formula is C14H17N5O4. The number of anilines is 2. The third kappa shape index (κ3) is 3.24. The number of hydrogen-bond donors (Lipinski definition) is 4. The van der Waals surface area contributed by atoms with Crippen molar-refractivity contribution in [1.29, 1.82) is 0 Å². The molecule has 6 N–H and O–H groups in total. The fraction of sp³-hybridized carbons (Fsp3) is 0.214. The van der Waals surface area contributed by atoms with Crippen LogP contribution in [0.25, 0.3) is 11.4 Å². The molecule has 0 atom stereocenters. The summed E-state index contributed by atoms with van der Waals surface area (Å²) in [5, 5.41) is 0. The number of nitrogen functional groups attached to an aromatic ring is 2. The minimum atomic E-state index is -0.539. The number of nitrogens with two attached hydrogens (primary N) is 2. The van der Waals surface area contributed by atoms with Crippen molar-refractivity contribution in [2.75, 3.05) is 24.9 Å². The summed E-state index contributed by atoms with van der Waals surface area (Å²) in [6, 6.07) is 4.64. The Balaban J connectivity index is 2.60. The van der Waals surface area contributed by atoms with Crippen molar-refractivity contribution in [2.24, 2.45) is 5.84 Å². The van der Waals surface area contributed by atoms with Crippen LogP contribution in [0.15, 0.2) is 23.0 Å². The Morgan fingerprint density at radius 3 is 2.78 bits per heavy atom. The highest BCUT2D eigenvalue weighted by Gasteiger charge is 2.16. The van der Waals surface area contributed by atoms with Crippen LogP contribution in [0.1, 0.15) is 17.3 Å². The van der Waals surface area contributed by atoms with Gasteiger partial charge in [-0.1, -0.05) is 0 Å². The fourth-order valence-electron chi connectivity index (χ4n) is 1.96. The number of hydrogen-bond acceptors (Lipinski definition) is 8. The summed E-state index contributed by atoms with van der Waals surface area (Å²) in [6.45, 7) is 2.15. The second-order valence-corrected chi connectivity index (χ2v) is 4.46. The number of ether oxygens (including phenoxy) is 2. The molecule has 0 radical (unpaired) electrons. The van der Waals surface area contributed by atoms with Crippen molar-refractivity contribution in [1.82, 2.24) is 9.97 Å². The van der Waals surface area contributed by atoms with Crippen LogP contribution in [0.5, 0.6) is 5.75 Å². The van der Waals surface area contributed by atoms with Gasteiger partial charge in [0, 0.05) is 0 Å². The molecule has 1 aromatic heterocycles. The summed E-state index contributed by atoms with van der Waals surface area (Å²) in [5.41, 5.74) is 7.97. The van der Waals surface area contributed by atoms with Gasteiger partial charge < -0.3 is 25.6 Å². The topological polar surface area (TPSA) is 145 Å². The van der Waals surface area contributed by atoms with Crippen molar-refractivity contribution in [3.63, 3.8) is 0 Å². The first-order valence-corrected chi connectivity index (χ1v) is 6.73. The quantitative estimate of drug-likeness (QED) is 0.354. The summed E-state index contributed by atoms with van der Waals surface area (Å²) in [5.74, 6) is 5.43. The van der Waals surface area contributed by atoms with Gasteiger partial charge in [0.1, 0.15) is 17.3 Å². The second-order valence-electron chi connectivity index (χ2n) is 4.46. The van der Waals surface area contributed by atoms with Gasteiger partial charge in [-0.3, -0.25) is 4.79 Å². The maximum atomic E-state index is 11.9. The molecule has 0 aliphatic carbocycles. The molecule has 0 unspecified atom stereocenters. The Kier molecular flexibility index (Phi) is 4.82. The Hall–Kier alpha value is -3.07. The third-order valence-corrected chi connectivity index (χ3v) is 3.05. The summed E-state index contributed by atoms with van der Waals surface area (Å²) in [7, 11) is 1.29. The molecule has 0 saturated heterocycles. The number of hydrazine groups is 1. The first kappa shape index (κ1) is 16.3. The second kappa shape index (κ2) is 6.79. The van der Waals surface area contributed by atoms with E-state index in [0.717, 1.165) is 0 Å². The Bertz CT molecular complexity index is 787. The number of aromatic amines is 1. The molecule has 1 heterocycles. The molecule has 9 nitrogen and oxygen atoms in total. The van der Waals surface area contributed by atoms with Crippen LogP contribution < -0.4 is 27.3 Å². The lowest BCUT2D eigenvalue weighted by molar-refractivity contribution is 0.0600. The molecule has 0 aliphatic heterocycles. The summed E-state index contributed by atoms with van der Waals surface area (Å²) < 4.78 is 10.2. The van der Waals surface area contributed by atoms with Crippen molar-refractivity contribution in [2.45, 2.75) is 6.92 Å². The highest BCUT2D eigenvalue weighted by Crippen LogP contribution is 2.29. The number of carbonyl (C=O) groups excluding carboxylic acids is 1. The number of aromatic nitrogens is 2. The lowest BCUT2D eigenvalue weighted by atomic mass is 10.1. The highest BCUT2D eigenvalue weighted by molar-refractivity contribution is 5.91. The molecule has 23 heavy (non-hydrogen) atoms. The van der Waals surface area contributed by atoms with Crippen LogP contribution in [-0.4, -0.2) is 29.7 Å². The van der Waals surface area contributed by atoms with Crippen LogP contribution >= 0.6 is 0 Å². The zero-order valence-corrected chi connectivity index (χ0v) is 12.7. The average Bonchev–Trinajstić information content (AvgIpc) is 2.56. The Morgan fingerprint density at radius 1 is 1.43 bits per heavy atom. The standard InChI is InChI=1S/C14H17N5O4/c1-3-23-9-6-7(14(21)22-2)4-5-8(9)11-17-12(19-16)10(15)13(20)18-11/h4-6H,3,15-16H2,1-2H3,(H2,17,18,19,20). The average molecular weight is 319 g/mol. The van der Waals surface area contributed by atoms with Gasteiger partial charge >= 0.3 is 5.97 Å². The van der Waals surface area contributed by atoms with Gasteiger partial charge in [-0.05, 0) is 25.1 Å². The molecule has 2 aromatic rings. The minimum Gasteiger partial charge on any atom is -0.493 e. The van der Waals surface area contributed by atoms with E-state index in [4.69, 9.17) is 16.3 Å². The maximum Gasteiger partial charge on any atom is 0.337 e. The SMILES string of the molecule is CCOc1cc(C(=O)OC)ccc1-c1nc(NN)c(N)c(=O)[nH]1. The molecule has 0 amide bonds. The van der Waals surface area contributed by atoms with E-state index in [2.05, 4.69) is 20.1 Å². The molecular weight excluding hydrogens is 302 g/mol. The molecule has 2 rings (SSSR count). The highest BCUT2D eigenvalue weighted by atomic mass is 16.5. The summed E-state index contributed by atoms with van der Waals surface area (Å²) in [6.07, 6.45) is 0. The van der Waals surface area contributed by atoms with Crippen LogP contribution in [0.2, 0.25) is 0 Å². The van der Waals surface area contributed by atoms with Crippen LogP contribution in [0, 0.1) is 0 Å². The zero-order chi connectivity index (χ0) is 17.0. The molecule has 1 aromatic carbocycles. The number of rotatable bonds is 5. The molecule has 0 saturated carbocycles. The lowest BCUT2D eigenvalue weighted by Gasteiger charge is -2.12. The molecule has 122 valence electrons. The van der Waals surface area contributed by atoms with E-state index < -0.39 is 11.5 Å². The summed E-state index contributed by atoms with van der Waals surface area (Å²) >= 11 is 0. The fourth-order valence-corrected chi connectivity index (χ4v) is 1.96. The Labute approximate surface area is 131 Å². The molecule has 0 fully saturated rings. The van der Waals surface area contributed by atoms with E-state index in [1.165, 1.54) is 19.2 Å². The Morgan fingerprint density at radius 2 is 2.17 bits per heavy atom. The number of H-pyrrole nitrogens is 1. The largest absolute Gasteiger partial charge is 0.493 e. The monoisotopic (exact) mass is 319 g/mol. The van der Waals surface area contributed by atoms with Gasteiger partial charge in [0.05, 0.1) is 24.8 Å². The molecule has 0 spiro atoms. The van der Waals surface area contributed by atoms with Crippen LogP contribution in [-0.2, 0) is 4.74 Å². The van der Waals surface area contributed by atoms with Gasteiger partial charge in [-0.15, -0.1) is 0 Å². The molecule has 9 heteroatoms. The predicted octanol–water partition coefficient (Wildman–Crippen LogP) is 0.490. The van der Waals surface area contributed by atoms with E-state index in [1.807, 2.05) is 0 Å². The molecule has 0 aliphatic rings. The third-order valence-electron chi connectivity index (χ3n) is 3.05. The number of methoxy groups -OCH3 is 1. The van der Waals surface area contributed by atoms with E-state index in [0.29, 0.717) is 23.5 Å². The lowest BCUT2D eigenvalue weighted by Crippen LogP contribution is -2.20. The van der Waals surface area contributed by atoms with Crippen molar-refractivity contribution in [3.8, 4) is 17.1 Å². The predicted molar refractivity (Wildman–Crippen MR) is 85.0 cm³/mol. The molecule has 0 bridgehead atoms. The van der Waals surface area contributed by atoms with Gasteiger partial charge in [-0.25, -0.2) is 15.6 Å². The van der Waals surface area contributed by atoms with Crippen molar-refractivity contribution >= 4 is 17.5 Å². The van der Waals surface area contributed by atoms with Gasteiger partial charge in [0.2, 0.25) is 0 Å². The summed E-state index contributed by atoms with van der Waals surface area (Å²) in [4.78, 5) is 30.2. The number of nitrogens with one attached hydrogen (secondary N) is 2. The van der Waals surface area contributed by atoms with E-state index in [9.17, 15) is 9.59 Å². The number of carbonyl (C=O) groups is 1. The minimum absolute atomic E-state index is 0.0447. The zero-order valence-electron chi connectivity index (χ0n) is 12.7. The maximum absolute atomic E-state index is 11.9. The number of esters is 1. The van der Waals surface area contributed by atoms with E-state index in [-0.39, 0.29) is 17.3 Å². The van der Waals surface area contributed by atoms with Gasteiger partial charge in [0.25, 0.3) is 5.56 Å².